The molecule has 0 aliphatic rings. The highest BCUT2D eigenvalue weighted by atomic mass is 16.5. The van der Waals surface area contributed by atoms with Crippen LogP contribution in [0.25, 0.3) is 0 Å². The number of ether oxygens (including phenoxy) is 1. The molecule has 0 aliphatic heterocycles. The Hall–Kier alpha value is -2.67. The standard InChI is InChI=1S/C42H74N2O5/c1-3-5-7-9-11-13-15-16-17-18-20-23-27-32-38(49-41(46)36-30-26-21-19-14-12-10-8-6-4-2)33-28-24-22-25-29-35-40(45)44-39(42(47)48)34-31-37-43/h5,7,11,13,16-17,20,23,38-39H,3-4,6,8-10,12,14-15,18-19,21-22,24-37,43H2,1-2H3,(H,44,45)(H,47,48)/b7-5-,13-11-,17-16-,23-20-. The molecule has 0 radical (unpaired) electrons. The van der Waals surface area contributed by atoms with Crippen LogP contribution in [0, 0.1) is 0 Å². The molecule has 49 heavy (non-hydrogen) atoms. The van der Waals surface area contributed by atoms with Crippen molar-refractivity contribution in [3.05, 3.63) is 48.6 Å². The van der Waals surface area contributed by atoms with E-state index in [1.807, 2.05) is 0 Å². The van der Waals surface area contributed by atoms with Crippen molar-refractivity contribution >= 4 is 17.8 Å². The zero-order valence-corrected chi connectivity index (χ0v) is 31.5. The summed E-state index contributed by atoms with van der Waals surface area (Å²) < 4.78 is 5.98. The number of allylic oxidation sites excluding steroid dienone is 8. The second-order valence-corrected chi connectivity index (χ2v) is 13.3. The van der Waals surface area contributed by atoms with Gasteiger partial charge in [0.25, 0.3) is 0 Å². The molecular formula is C42H74N2O5. The number of unbranched alkanes of at least 4 members (excludes halogenated alkanes) is 13. The summed E-state index contributed by atoms with van der Waals surface area (Å²) in [5, 5.41) is 11.9. The second kappa shape index (κ2) is 36.6. The molecule has 0 aromatic heterocycles. The molecule has 0 fully saturated rings. The fourth-order valence-electron chi connectivity index (χ4n) is 5.68. The van der Waals surface area contributed by atoms with Gasteiger partial charge in [-0.15, -0.1) is 0 Å². The van der Waals surface area contributed by atoms with Crippen LogP contribution < -0.4 is 11.1 Å². The first-order valence-electron chi connectivity index (χ1n) is 20.0. The predicted octanol–water partition coefficient (Wildman–Crippen LogP) is 10.8. The Morgan fingerprint density at radius 1 is 0.612 bits per heavy atom. The van der Waals surface area contributed by atoms with Crippen molar-refractivity contribution in [1.29, 1.82) is 0 Å². The first-order valence-corrected chi connectivity index (χ1v) is 20.0. The Balaban J connectivity index is 4.47. The zero-order valence-electron chi connectivity index (χ0n) is 31.5. The Labute approximate surface area is 300 Å². The van der Waals surface area contributed by atoms with Crippen LogP contribution in [0.15, 0.2) is 48.6 Å². The van der Waals surface area contributed by atoms with Gasteiger partial charge in [-0.05, 0) is 83.6 Å². The molecule has 0 saturated carbocycles. The van der Waals surface area contributed by atoms with E-state index in [1.165, 1.54) is 51.4 Å². The number of nitrogens with one attached hydrogen (secondary N) is 1. The van der Waals surface area contributed by atoms with Gasteiger partial charge >= 0.3 is 11.9 Å². The number of nitrogens with two attached hydrogens (primary N) is 1. The van der Waals surface area contributed by atoms with Gasteiger partial charge in [-0.25, -0.2) is 4.79 Å². The summed E-state index contributed by atoms with van der Waals surface area (Å²) in [7, 11) is 0. The minimum Gasteiger partial charge on any atom is -0.480 e. The van der Waals surface area contributed by atoms with Gasteiger partial charge in [0, 0.05) is 12.8 Å². The van der Waals surface area contributed by atoms with Crippen LogP contribution in [0.2, 0.25) is 0 Å². The van der Waals surface area contributed by atoms with Gasteiger partial charge < -0.3 is 20.9 Å². The third-order valence-electron chi connectivity index (χ3n) is 8.67. The summed E-state index contributed by atoms with van der Waals surface area (Å²) in [4.78, 5) is 36.2. The number of carboxylic acids is 1. The molecular weight excluding hydrogens is 612 g/mol. The highest BCUT2D eigenvalue weighted by Crippen LogP contribution is 2.17. The summed E-state index contributed by atoms with van der Waals surface area (Å²) in [5.74, 6) is -1.29. The lowest BCUT2D eigenvalue weighted by atomic mass is 10.0. The van der Waals surface area contributed by atoms with Crippen LogP contribution in [0.4, 0.5) is 0 Å². The lowest BCUT2D eigenvalue weighted by molar-refractivity contribution is -0.150. The summed E-state index contributed by atoms with van der Waals surface area (Å²) in [5.41, 5.74) is 5.47. The van der Waals surface area contributed by atoms with E-state index < -0.39 is 12.0 Å². The van der Waals surface area contributed by atoms with Gasteiger partial charge in [-0.1, -0.05) is 140 Å². The predicted molar refractivity (Wildman–Crippen MR) is 206 cm³/mol. The lowest BCUT2D eigenvalue weighted by Crippen LogP contribution is -2.40. The third kappa shape index (κ3) is 33.6. The molecule has 1 amide bonds. The fraction of sp³-hybridized carbons (Fsp3) is 0.738. The van der Waals surface area contributed by atoms with Crippen molar-refractivity contribution in [2.75, 3.05) is 6.54 Å². The normalized spacial score (nSPS) is 13.2. The number of esters is 1. The van der Waals surface area contributed by atoms with Gasteiger partial charge in [0.2, 0.25) is 5.91 Å². The number of carbonyl (C=O) groups excluding carboxylic acids is 2. The second-order valence-electron chi connectivity index (χ2n) is 13.3. The number of hydrogen-bond donors (Lipinski definition) is 3. The summed E-state index contributed by atoms with van der Waals surface area (Å²) >= 11 is 0. The number of hydrogen-bond acceptors (Lipinski definition) is 5. The van der Waals surface area contributed by atoms with Crippen LogP contribution >= 0.6 is 0 Å². The third-order valence-corrected chi connectivity index (χ3v) is 8.67. The van der Waals surface area contributed by atoms with E-state index in [0.29, 0.717) is 32.2 Å². The topological polar surface area (TPSA) is 119 Å². The van der Waals surface area contributed by atoms with E-state index in [1.54, 1.807) is 0 Å². The Morgan fingerprint density at radius 3 is 1.67 bits per heavy atom. The number of carbonyl (C=O) groups is 3. The molecule has 0 saturated heterocycles. The van der Waals surface area contributed by atoms with E-state index in [9.17, 15) is 19.5 Å². The maximum Gasteiger partial charge on any atom is 0.326 e. The SMILES string of the molecule is CC/C=C\C/C=C\C/C=C\C/C=C\CCC(CCCCCCCC(=O)NC(CCCN)C(=O)O)OC(=O)CCCCCCCCCCCC. The van der Waals surface area contributed by atoms with Gasteiger partial charge in [-0.3, -0.25) is 9.59 Å². The quantitative estimate of drug-likeness (QED) is 0.0347. The molecule has 2 unspecified atom stereocenters. The Kier molecular flexibility index (Phi) is 34.6. The molecule has 282 valence electrons. The molecule has 0 bridgehead atoms. The molecule has 0 heterocycles. The average Bonchev–Trinajstić information content (AvgIpc) is 3.08. The van der Waals surface area contributed by atoms with E-state index in [-0.39, 0.29) is 18.0 Å². The highest BCUT2D eigenvalue weighted by Gasteiger charge is 2.19. The summed E-state index contributed by atoms with van der Waals surface area (Å²) in [6.07, 6.45) is 42.9. The average molecular weight is 687 g/mol. The van der Waals surface area contributed by atoms with E-state index in [2.05, 4.69) is 67.8 Å². The van der Waals surface area contributed by atoms with E-state index in [0.717, 1.165) is 89.9 Å². The van der Waals surface area contributed by atoms with Crippen LogP contribution in [0.1, 0.15) is 181 Å². The summed E-state index contributed by atoms with van der Waals surface area (Å²) in [6.45, 7) is 4.80. The largest absolute Gasteiger partial charge is 0.480 e. The smallest absolute Gasteiger partial charge is 0.326 e. The van der Waals surface area contributed by atoms with Crippen LogP contribution in [-0.2, 0) is 19.1 Å². The first kappa shape index (κ1) is 46.3. The lowest BCUT2D eigenvalue weighted by Gasteiger charge is -2.17. The molecule has 0 aromatic rings. The van der Waals surface area contributed by atoms with Crippen molar-refractivity contribution in [3.63, 3.8) is 0 Å². The zero-order chi connectivity index (χ0) is 36.0. The van der Waals surface area contributed by atoms with Gasteiger partial charge in [0.15, 0.2) is 0 Å². The Morgan fingerprint density at radius 2 is 1.12 bits per heavy atom. The number of aliphatic carboxylic acids is 1. The molecule has 7 nitrogen and oxygen atoms in total. The van der Waals surface area contributed by atoms with Crippen molar-refractivity contribution in [2.24, 2.45) is 5.73 Å². The fourth-order valence-corrected chi connectivity index (χ4v) is 5.68. The van der Waals surface area contributed by atoms with Crippen LogP contribution in [-0.4, -0.2) is 41.6 Å². The van der Waals surface area contributed by atoms with Crippen LogP contribution in [0.5, 0.6) is 0 Å². The highest BCUT2D eigenvalue weighted by molar-refractivity contribution is 5.83. The first-order chi connectivity index (χ1) is 23.9. The molecule has 7 heteroatoms. The minimum atomic E-state index is -1.01. The van der Waals surface area contributed by atoms with Gasteiger partial charge in [0.05, 0.1) is 0 Å². The number of carboxylic acid groups (broad SMARTS) is 1. The van der Waals surface area contributed by atoms with E-state index in [4.69, 9.17) is 10.5 Å². The van der Waals surface area contributed by atoms with Crippen molar-refractivity contribution in [2.45, 2.75) is 193 Å². The van der Waals surface area contributed by atoms with Crippen LogP contribution in [0.3, 0.4) is 0 Å². The molecule has 0 rings (SSSR count). The van der Waals surface area contributed by atoms with Gasteiger partial charge in [0.1, 0.15) is 12.1 Å². The van der Waals surface area contributed by atoms with Crippen molar-refractivity contribution in [1.82, 2.24) is 5.32 Å². The molecule has 0 aliphatic carbocycles. The molecule has 4 N–H and O–H groups in total. The number of rotatable bonds is 35. The Bertz CT molecular complexity index is 911. The van der Waals surface area contributed by atoms with Crippen molar-refractivity contribution in [3.8, 4) is 0 Å². The summed E-state index contributed by atoms with van der Waals surface area (Å²) in [6, 6.07) is -0.863. The maximum atomic E-state index is 12.7. The van der Waals surface area contributed by atoms with E-state index >= 15 is 0 Å². The van der Waals surface area contributed by atoms with Crippen molar-refractivity contribution < 1.29 is 24.2 Å². The van der Waals surface area contributed by atoms with Gasteiger partial charge in [-0.2, -0.15) is 0 Å². The maximum absolute atomic E-state index is 12.7. The number of amides is 1. The minimum absolute atomic E-state index is 0.0602. The monoisotopic (exact) mass is 687 g/mol. The molecule has 0 spiro atoms. The molecule has 0 aromatic carbocycles. The molecule has 2 atom stereocenters.